The van der Waals surface area contributed by atoms with Crippen molar-refractivity contribution in [3.63, 3.8) is 0 Å². The van der Waals surface area contributed by atoms with Gasteiger partial charge in [-0.25, -0.2) is 14.4 Å². The summed E-state index contributed by atoms with van der Waals surface area (Å²) in [6.07, 6.45) is 2.25. The first-order chi connectivity index (χ1) is 16.4. The minimum atomic E-state index is -3.16. The zero-order valence-electron chi connectivity index (χ0n) is 19.4. The molecule has 0 unspecified atom stereocenters. The number of amidine groups is 1. The number of pyridine rings is 2. The molecule has 0 spiro atoms. The van der Waals surface area contributed by atoms with Crippen LogP contribution in [0.25, 0.3) is 0 Å². The molecule has 4 rings (SSSR count). The molecule has 9 nitrogen and oxygen atoms in total. The maximum atomic E-state index is 15.1. The molecule has 0 aliphatic carbocycles. The van der Waals surface area contributed by atoms with Crippen LogP contribution in [-0.4, -0.2) is 49.1 Å². The maximum absolute atomic E-state index is 15.1. The first kappa shape index (κ1) is 25.0. The standard InChI is InChI=1S/C22H27F3N6O3S/c1-21(2)19(26)31-22(3,15-5-4-10-28-35(15,21)33)17-13(23)7-9-16(29-17)30-18(32)14-8-6-12(11-27-14)34-20(24)25/h6-9,11,15,20,35H,4-5,10H2,1-3H3,(H2,26,31)(H,28,33)(H,29,30,32)/t15-,22+/m1/s1. The van der Waals surface area contributed by atoms with Gasteiger partial charge >= 0.3 is 6.61 Å². The highest BCUT2D eigenvalue weighted by molar-refractivity contribution is 8.04. The summed E-state index contributed by atoms with van der Waals surface area (Å²) >= 11 is 0. The smallest absolute Gasteiger partial charge is 0.387 e. The number of nitrogens with two attached hydrogens (primary N) is 1. The van der Waals surface area contributed by atoms with E-state index in [2.05, 4.69) is 29.7 Å². The molecule has 1 amide bonds. The van der Waals surface area contributed by atoms with Gasteiger partial charge < -0.3 is 15.8 Å². The first-order valence-electron chi connectivity index (χ1n) is 11.0. The summed E-state index contributed by atoms with van der Waals surface area (Å²) in [5.41, 5.74) is 4.75. The molecule has 1 saturated heterocycles. The Labute approximate surface area is 201 Å². The van der Waals surface area contributed by atoms with E-state index in [9.17, 15) is 17.8 Å². The van der Waals surface area contributed by atoms with Gasteiger partial charge in [0.25, 0.3) is 5.91 Å². The van der Waals surface area contributed by atoms with Gasteiger partial charge in [-0.05, 0) is 68.0 Å². The number of aromatic nitrogens is 2. The summed E-state index contributed by atoms with van der Waals surface area (Å²) in [5, 5.41) is 1.97. The van der Waals surface area contributed by atoms with E-state index in [1.54, 1.807) is 20.8 Å². The Morgan fingerprint density at radius 1 is 1.29 bits per heavy atom. The Morgan fingerprint density at radius 2 is 2.03 bits per heavy atom. The Morgan fingerprint density at radius 3 is 2.69 bits per heavy atom. The summed E-state index contributed by atoms with van der Waals surface area (Å²) in [5.74, 6) is -1.42. The summed E-state index contributed by atoms with van der Waals surface area (Å²) in [6.45, 7) is 2.72. The molecule has 190 valence electrons. The van der Waals surface area contributed by atoms with Gasteiger partial charge in [-0.1, -0.05) is 0 Å². The fourth-order valence-corrected chi connectivity index (χ4v) is 8.34. The highest BCUT2D eigenvalue weighted by atomic mass is 32.3. The van der Waals surface area contributed by atoms with Crippen LogP contribution in [-0.2, 0) is 15.7 Å². The van der Waals surface area contributed by atoms with Crippen LogP contribution in [0.3, 0.4) is 0 Å². The molecule has 0 aromatic carbocycles. The predicted octanol–water partition coefficient (Wildman–Crippen LogP) is 2.52. The average molecular weight is 513 g/mol. The lowest BCUT2D eigenvalue weighted by Crippen LogP contribution is -2.69. The van der Waals surface area contributed by atoms with Crippen LogP contribution >= 0.6 is 0 Å². The number of halogens is 3. The van der Waals surface area contributed by atoms with Crippen molar-refractivity contribution in [1.29, 1.82) is 0 Å². The minimum Gasteiger partial charge on any atom is -0.433 e. The van der Waals surface area contributed by atoms with Gasteiger partial charge in [0, 0.05) is 6.54 Å². The number of ether oxygens (including phenoxy) is 1. The summed E-state index contributed by atoms with van der Waals surface area (Å²) in [6, 6.07) is 4.79. The Bertz CT molecular complexity index is 1220. The number of fused-ring (bicyclic) bond motifs is 1. The Balaban J connectivity index is 1.67. The first-order valence-corrected chi connectivity index (χ1v) is 12.8. The van der Waals surface area contributed by atoms with Crippen LogP contribution in [0, 0.1) is 5.82 Å². The van der Waals surface area contributed by atoms with Crippen molar-refractivity contribution in [3.05, 3.63) is 47.7 Å². The third-order valence-corrected chi connectivity index (χ3v) is 10.9. The van der Waals surface area contributed by atoms with Crippen molar-refractivity contribution < 1.29 is 26.9 Å². The number of rotatable bonds is 5. The molecule has 2 aromatic rings. The van der Waals surface area contributed by atoms with Crippen molar-refractivity contribution >= 4 is 27.7 Å². The van der Waals surface area contributed by atoms with Crippen LogP contribution in [0.1, 0.15) is 49.8 Å². The fourth-order valence-electron chi connectivity index (χ4n) is 4.63. The SMILES string of the molecule is CC1(C)C(N)=N[C@](C)(c2nc(NC(=O)c3ccc(OC(F)F)cn3)ccc2F)[C@H]2CCCN[SH]21=O. The third kappa shape index (κ3) is 4.27. The number of amides is 1. The highest BCUT2D eigenvalue weighted by Crippen LogP contribution is 2.48. The quantitative estimate of drug-likeness (QED) is 0.456. The number of thiol groups is 1. The maximum Gasteiger partial charge on any atom is 0.387 e. The molecule has 1 fully saturated rings. The summed E-state index contributed by atoms with van der Waals surface area (Å²) in [4.78, 5) is 25.4. The second-order valence-electron chi connectivity index (χ2n) is 9.17. The molecule has 35 heavy (non-hydrogen) atoms. The van der Waals surface area contributed by atoms with Crippen molar-refractivity contribution in [1.82, 2.24) is 14.7 Å². The lowest BCUT2D eigenvalue weighted by atomic mass is 9.89. The predicted molar refractivity (Wildman–Crippen MR) is 127 cm³/mol. The number of nitrogens with zero attached hydrogens (tertiary/aromatic N) is 3. The molecular weight excluding hydrogens is 485 g/mol. The zero-order chi connectivity index (χ0) is 25.6. The molecule has 0 saturated carbocycles. The Kier molecular flexibility index (Phi) is 6.34. The molecule has 4 heterocycles. The van der Waals surface area contributed by atoms with Gasteiger partial charge in [0.1, 0.15) is 40.1 Å². The normalized spacial score (nSPS) is 25.8. The average Bonchev–Trinajstić information content (AvgIpc) is 2.79. The lowest BCUT2D eigenvalue weighted by Gasteiger charge is -2.55. The Hall–Kier alpha value is -3.06. The fraction of sp³-hybridized carbons (Fsp3) is 0.455. The van der Waals surface area contributed by atoms with Gasteiger partial charge in [0.15, 0.2) is 0 Å². The minimum absolute atomic E-state index is 0.0135. The molecule has 4 N–H and O–H groups in total. The molecule has 2 aliphatic rings. The topological polar surface area (TPSA) is 132 Å². The molecule has 0 bridgehead atoms. The van der Waals surface area contributed by atoms with E-state index in [0.717, 1.165) is 18.7 Å². The van der Waals surface area contributed by atoms with E-state index in [1.165, 1.54) is 18.2 Å². The number of nitrogens with one attached hydrogen (secondary N) is 2. The largest absolute Gasteiger partial charge is 0.433 e. The molecular formula is C22H27F3N6O3S. The van der Waals surface area contributed by atoms with Crippen LogP contribution in [0.2, 0.25) is 0 Å². The van der Waals surface area contributed by atoms with Gasteiger partial charge in [-0.3, -0.25) is 18.7 Å². The van der Waals surface area contributed by atoms with Crippen LogP contribution < -0.4 is 20.5 Å². The van der Waals surface area contributed by atoms with Gasteiger partial charge in [-0.2, -0.15) is 8.78 Å². The number of aliphatic imine (C=N–C) groups is 1. The number of hydrogen-bond acceptors (Lipinski definition) is 7. The zero-order valence-corrected chi connectivity index (χ0v) is 20.3. The monoisotopic (exact) mass is 512 g/mol. The van der Waals surface area contributed by atoms with Crippen LogP contribution in [0.15, 0.2) is 35.5 Å². The van der Waals surface area contributed by atoms with E-state index in [-0.39, 0.29) is 28.8 Å². The van der Waals surface area contributed by atoms with Crippen LogP contribution in [0.4, 0.5) is 19.0 Å². The van der Waals surface area contributed by atoms with Crippen LogP contribution in [0.5, 0.6) is 5.75 Å². The number of alkyl halides is 2. The van der Waals surface area contributed by atoms with Crippen molar-refractivity contribution in [2.24, 2.45) is 10.7 Å². The van der Waals surface area contributed by atoms with E-state index >= 15 is 4.39 Å². The van der Waals surface area contributed by atoms with E-state index in [0.29, 0.717) is 13.0 Å². The third-order valence-electron chi connectivity index (χ3n) is 6.66. The van der Waals surface area contributed by atoms with E-state index < -0.39 is 44.0 Å². The lowest BCUT2D eigenvalue weighted by molar-refractivity contribution is -0.0500. The number of hydrogen-bond donors (Lipinski definition) is 4. The van der Waals surface area contributed by atoms with Crippen molar-refractivity contribution in [2.75, 3.05) is 11.9 Å². The molecule has 0 radical (unpaired) electrons. The number of carbonyl (C=O) groups excluding carboxylic acids is 1. The van der Waals surface area contributed by atoms with Gasteiger partial charge in [-0.15, -0.1) is 0 Å². The van der Waals surface area contributed by atoms with Crippen molar-refractivity contribution in [3.8, 4) is 5.75 Å². The van der Waals surface area contributed by atoms with E-state index in [1.807, 2.05) is 0 Å². The van der Waals surface area contributed by atoms with Gasteiger partial charge in [0.2, 0.25) is 0 Å². The summed E-state index contributed by atoms with van der Waals surface area (Å²) < 4.78 is 60.4. The molecule has 2 aromatic heterocycles. The molecule has 13 heteroatoms. The highest BCUT2D eigenvalue weighted by Gasteiger charge is 2.57. The molecule has 2 aliphatic heterocycles. The summed E-state index contributed by atoms with van der Waals surface area (Å²) in [7, 11) is -3.16. The molecule has 2 atom stereocenters. The number of anilines is 1. The second-order valence-corrected chi connectivity index (χ2v) is 12.5. The number of carbonyl (C=O) groups is 1. The second kappa shape index (κ2) is 8.86. The van der Waals surface area contributed by atoms with Gasteiger partial charge in [0.05, 0.1) is 16.2 Å². The van der Waals surface area contributed by atoms with E-state index in [4.69, 9.17) is 5.73 Å². The van der Waals surface area contributed by atoms with Crippen molar-refractivity contribution in [2.45, 2.75) is 55.8 Å².